The normalized spacial score (nSPS) is 11.3. The fourth-order valence-electron chi connectivity index (χ4n) is 2.56. The smallest absolute Gasteiger partial charge is 0.408 e. The Kier molecular flexibility index (Phi) is 7.24. The molecule has 29 heavy (non-hydrogen) atoms. The summed E-state index contributed by atoms with van der Waals surface area (Å²) in [6, 6.07) is 11.0. The van der Waals surface area contributed by atoms with E-state index >= 15 is 0 Å². The van der Waals surface area contributed by atoms with E-state index in [9.17, 15) is 29.6 Å². The van der Waals surface area contributed by atoms with Gasteiger partial charge in [0.2, 0.25) is 0 Å². The summed E-state index contributed by atoms with van der Waals surface area (Å²) in [5.41, 5.74) is 0.531. The molecule has 0 radical (unpaired) electrons. The third kappa shape index (κ3) is 6.61. The number of hydrogen-bond acceptors (Lipinski definition) is 6. The maximum atomic E-state index is 11.9. The van der Waals surface area contributed by atoms with Crippen molar-refractivity contribution in [2.24, 2.45) is 0 Å². The highest BCUT2D eigenvalue weighted by molar-refractivity contribution is 5.80. The molecule has 0 aromatic heterocycles. The lowest BCUT2D eigenvalue weighted by atomic mass is 10.0. The fourth-order valence-corrected chi connectivity index (χ4v) is 2.56. The molecule has 0 saturated carbocycles. The fraction of sp³-hybridized carbons (Fsp3) is 0.211. The standard InChI is InChI=1S/C19H18N2O8/c22-17(23)9-13-6-7-14(16(8-13)21(27)28)10-15(18(24)25)20-19(26)29-11-12-4-2-1-3-5-12/h1-8,15H,9-11H2,(H,20,26)(H,22,23)(H,24,25)/t15-/m0/s1. The average molecular weight is 402 g/mol. The van der Waals surface area contributed by atoms with E-state index in [4.69, 9.17) is 9.84 Å². The maximum Gasteiger partial charge on any atom is 0.408 e. The molecule has 0 aliphatic carbocycles. The van der Waals surface area contributed by atoms with E-state index in [2.05, 4.69) is 5.32 Å². The predicted molar refractivity (Wildman–Crippen MR) is 99.3 cm³/mol. The van der Waals surface area contributed by atoms with E-state index in [1.807, 2.05) is 0 Å². The van der Waals surface area contributed by atoms with Crippen molar-refractivity contribution in [3.63, 3.8) is 0 Å². The number of carboxylic acids is 2. The lowest BCUT2D eigenvalue weighted by molar-refractivity contribution is -0.385. The largest absolute Gasteiger partial charge is 0.481 e. The second-order valence-electron chi connectivity index (χ2n) is 6.09. The summed E-state index contributed by atoms with van der Waals surface area (Å²) in [6.45, 7) is -0.0664. The van der Waals surface area contributed by atoms with Crippen LogP contribution < -0.4 is 5.32 Å². The van der Waals surface area contributed by atoms with E-state index in [1.165, 1.54) is 12.1 Å². The number of amides is 1. The zero-order chi connectivity index (χ0) is 21.4. The van der Waals surface area contributed by atoms with Gasteiger partial charge in [-0.05, 0) is 11.1 Å². The highest BCUT2D eigenvalue weighted by Crippen LogP contribution is 2.22. The van der Waals surface area contributed by atoms with Crippen molar-refractivity contribution in [3.05, 3.63) is 75.3 Å². The van der Waals surface area contributed by atoms with Gasteiger partial charge in [0.05, 0.1) is 11.3 Å². The Bertz CT molecular complexity index is 914. The number of rotatable bonds is 9. The zero-order valence-electron chi connectivity index (χ0n) is 15.1. The predicted octanol–water partition coefficient (Wildman–Crippen LogP) is 2.14. The molecule has 1 atom stereocenters. The molecule has 2 aromatic carbocycles. The molecule has 10 heteroatoms. The number of carbonyl (C=O) groups excluding carboxylic acids is 1. The summed E-state index contributed by atoms with van der Waals surface area (Å²) >= 11 is 0. The first-order valence-corrected chi connectivity index (χ1v) is 8.44. The highest BCUT2D eigenvalue weighted by atomic mass is 16.6. The molecule has 0 spiro atoms. The minimum Gasteiger partial charge on any atom is -0.481 e. The summed E-state index contributed by atoms with van der Waals surface area (Å²) in [6.07, 6.45) is -1.76. The van der Waals surface area contributed by atoms with Gasteiger partial charge in [0.15, 0.2) is 0 Å². The summed E-state index contributed by atoms with van der Waals surface area (Å²) < 4.78 is 4.97. The quantitative estimate of drug-likeness (QED) is 0.425. The topological polar surface area (TPSA) is 156 Å². The van der Waals surface area contributed by atoms with Crippen LogP contribution in [-0.2, 0) is 33.8 Å². The van der Waals surface area contributed by atoms with Crippen molar-refractivity contribution in [2.45, 2.75) is 25.5 Å². The number of aliphatic carboxylic acids is 2. The van der Waals surface area contributed by atoms with Gasteiger partial charge in [-0.3, -0.25) is 14.9 Å². The van der Waals surface area contributed by atoms with Crippen LogP contribution >= 0.6 is 0 Å². The van der Waals surface area contributed by atoms with Gasteiger partial charge in [-0.15, -0.1) is 0 Å². The van der Waals surface area contributed by atoms with E-state index in [1.54, 1.807) is 30.3 Å². The Morgan fingerprint density at radius 2 is 1.76 bits per heavy atom. The highest BCUT2D eigenvalue weighted by Gasteiger charge is 2.25. The van der Waals surface area contributed by atoms with E-state index in [0.29, 0.717) is 5.56 Å². The van der Waals surface area contributed by atoms with Crippen LogP contribution in [0.25, 0.3) is 0 Å². The van der Waals surface area contributed by atoms with E-state index < -0.39 is 41.1 Å². The zero-order valence-corrected chi connectivity index (χ0v) is 15.1. The van der Waals surface area contributed by atoms with Gasteiger partial charge in [0.1, 0.15) is 12.6 Å². The van der Waals surface area contributed by atoms with Gasteiger partial charge in [-0.2, -0.15) is 0 Å². The number of nitrogens with one attached hydrogen (secondary N) is 1. The molecule has 3 N–H and O–H groups in total. The second kappa shape index (κ2) is 9.83. The van der Waals surface area contributed by atoms with E-state index in [0.717, 1.165) is 6.07 Å². The third-order valence-corrected chi connectivity index (χ3v) is 3.93. The minimum atomic E-state index is -1.47. The van der Waals surface area contributed by atoms with Crippen molar-refractivity contribution in [1.82, 2.24) is 5.32 Å². The van der Waals surface area contributed by atoms with Crippen molar-refractivity contribution in [1.29, 1.82) is 0 Å². The van der Waals surface area contributed by atoms with Gasteiger partial charge in [-0.1, -0.05) is 42.5 Å². The van der Waals surface area contributed by atoms with Crippen molar-refractivity contribution < 1.29 is 34.3 Å². The number of hydrogen-bond donors (Lipinski definition) is 3. The minimum absolute atomic E-state index is 0.0416. The molecule has 10 nitrogen and oxygen atoms in total. The van der Waals surface area contributed by atoms with Crippen molar-refractivity contribution in [3.8, 4) is 0 Å². The molecule has 0 aliphatic rings. The number of nitro groups is 1. The molecule has 152 valence electrons. The molecular formula is C19H18N2O8. The van der Waals surface area contributed by atoms with Crippen LogP contribution in [0.1, 0.15) is 16.7 Å². The number of ether oxygens (including phenoxy) is 1. The van der Waals surface area contributed by atoms with Crippen molar-refractivity contribution >= 4 is 23.7 Å². The van der Waals surface area contributed by atoms with Crippen LogP contribution in [0, 0.1) is 10.1 Å². The van der Waals surface area contributed by atoms with Crippen LogP contribution in [-0.4, -0.2) is 39.2 Å². The molecule has 0 aliphatic heterocycles. The van der Waals surface area contributed by atoms with Crippen LogP contribution in [0.15, 0.2) is 48.5 Å². The lowest BCUT2D eigenvalue weighted by Crippen LogP contribution is -2.42. The maximum absolute atomic E-state index is 11.9. The van der Waals surface area contributed by atoms with Gasteiger partial charge in [0, 0.05) is 18.1 Å². The summed E-state index contributed by atoms with van der Waals surface area (Å²) in [7, 11) is 0. The number of carboxylic acid groups (broad SMARTS) is 2. The number of alkyl carbamates (subject to hydrolysis) is 1. The summed E-state index contributed by atoms with van der Waals surface area (Å²) in [4.78, 5) is 44.7. The Labute approximate surface area is 164 Å². The Morgan fingerprint density at radius 1 is 1.07 bits per heavy atom. The van der Waals surface area contributed by atoms with Crippen molar-refractivity contribution in [2.75, 3.05) is 0 Å². The Hall–Kier alpha value is -3.95. The Morgan fingerprint density at radius 3 is 2.34 bits per heavy atom. The van der Waals surface area contributed by atoms with Gasteiger partial charge in [0.25, 0.3) is 5.69 Å². The third-order valence-electron chi connectivity index (χ3n) is 3.93. The SMILES string of the molecule is O=C(O)Cc1ccc(C[C@H](NC(=O)OCc2ccccc2)C(=O)O)c([N+](=O)[O-])c1. The molecule has 0 fully saturated rings. The van der Waals surface area contributed by atoms with Crippen LogP contribution in [0.2, 0.25) is 0 Å². The number of nitrogens with zero attached hydrogens (tertiary/aromatic N) is 1. The second-order valence-corrected chi connectivity index (χ2v) is 6.09. The summed E-state index contributed by atoms with van der Waals surface area (Å²) in [5, 5.41) is 31.6. The number of carbonyl (C=O) groups is 3. The van der Waals surface area contributed by atoms with Gasteiger partial charge >= 0.3 is 18.0 Å². The van der Waals surface area contributed by atoms with Crippen LogP contribution in [0.5, 0.6) is 0 Å². The first-order valence-electron chi connectivity index (χ1n) is 8.44. The molecule has 0 saturated heterocycles. The molecule has 1 amide bonds. The first-order chi connectivity index (χ1) is 13.8. The van der Waals surface area contributed by atoms with Crippen LogP contribution in [0.3, 0.4) is 0 Å². The summed E-state index contributed by atoms with van der Waals surface area (Å²) in [5.74, 6) is -2.55. The molecule has 0 unspecified atom stereocenters. The lowest BCUT2D eigenvalue weighted by Gasteiger charge is -2.15. The Balaban J connectivity index is 2.09. The first kappa shape index (κ1) is 21.4. The van der Waals surface area contributed by atoms with Gasteiger partial charge in [-0.25, -0.2) is 9.59 Å². The average Bonchev–Trinajstić information content (AvgIpc) is 2.67. The van der Waals surface area contributed by atoms with E-state index in [-0.39, 0.29) is 24.2 Å². The molecule has 2 rings (SSSR count). The number of benzene rings is 2. The molecular weight excluding hydrogens is 384 g/mol. The monoisotopic (exact) mass is 402 g/mol. The molecule has 0 bridgehead atoms. The number of nitro benzene ring substituents is 1. The molecule has 0 heterocycles. The van der Waals surface area contributed by atoms with Gasteiger partial charge < -0.3 is 20.3 Å². The molecule has 2 aromatic rings. The van der Waals surface area contributed by atoms with Crippen LogP contribution in [0.4, 0.5) is 10.5 Å².